The fraction of sp³-hybridized carbons (Fsp3) is 0.167. The van der Waals surface area contributed by atoms with Gasteiger partial charge < -0.3 is 15.4 Å². The minimum atomic E-state index is 0.398. The molecule has 0 spiro atoms. The van der Waals surface area contributed by atoms with Gasteiger partial charge in [0, 0.05) is 36.4 Å². The number of aryl methyl sites for hydroxylation is 3. The Kier molecular flexibility index (Phi) is 6.21. The number of methoxy groups -OCH3 is 1. The lowest BCUT2D eigenvalue weighted by molar-refractivity contribution is 0.112. The maximum absolute atomic E-state index is 11.7. The maximum Gasteiger partial charge on any atom is 0.162 e. The second-order valence-corrected chi connectivity index (χ2v) is 7.44. The Morgan fingerprint density at radius 2 is 1.67 bits per heavy atom. The third kappa shape index (κ3) is 4.93. The Bertz CT molecular complexity index is 1290. The number of anilines is 4. The summed E-state index contributed by atoms with van der Waals surface area (Å²) in [6.07, 6.45) is 5.75. The lowest BCUT2D eigenvalue weighted by atomic mass is 10.1. The van der Waals surface area contributed by atoms with Crippen molar-refractivity contribution in [2.75, 3.05) is 17.7 Å². The first-order valence-corrected chi connectivity index (χ1v) is 10.2. The minimum absolute atomic E-state index is 0.398. The summed E-state index contributed by atoms with van der Waals surface area (Å²) in [6.45, 7) is 5.65. The topological polar surface area (TPSA) is 115 Å². The van der Waals surface area contributed by atoms with Crippen molar-refractivity contribution in [1.29, 1.82) is 0 Å². The predicted octanol–water partition coefficient (Wildman–Crippen LogP) is 4.56. The molecule has 2 N–H and O–H groups in total. The zero-order valence-electron chi connectivity index (χ0n) is 18.7. The molecule has 0 atom stereocenters. The average Bonchev–Trinajstić information content (AvgIpc) is 2.79. The molecule has 0 aliphatic heterocycles. The standard InChI is InChI=1S/C24H23N7O2/c1-14-10-26-24(27-11-14)18-6-5-7-19(23(18)33-4)30-20-9-21(25-12-17(20)13-32)31-22-8-15(2)28-16(3)29-22/h5-13H,1-4H3,(H2,25,28,29,30,31). The average molecular weight is 441 g/mol. The van der Waals surface area contributed by atoms with E-state index in [-0.39, 0.29) is 0 Å². The summed E-state index contributed by atoms with van der Waals surface area (Å²) >= 11 is 0. The van der Waals surface area contributed by atoms with Gasteiger partial charge in [-0.3, -0.25) is 4.79 Å². The van der Waals surface area contributed by atoms with E-state index in [1.807, 2.05) is 45.0 Å². The Hall–Kier alpha value is -4.40. The van der Waals surface area contributed by atoms with E-state index >= 15 is 0 Å². The summed E-state index contributed by atoms with van der Waals surface area (Å²) in [7, 11) is 1.58. The molecule has 3 aromatic heterocycles. The number of pyridine rings is 1. The van der Waals surface area contributed by atoms with Gasteiger partial charge in [-0.05, 0) is 38.5 Å². The number of aromatic nitrogens is 5. The third-order valence-electron chi connectivity index (χ3n) is 4.79. The molecule has 4 rings (SSSR count). The maximum atomic E-state index is 11.7. The normalized spacial score (nSPS) is 10.5. The molecule has 9 heteroatoms. The zero-order chi connectivity index (χ0) is 23.4. The number of nitrogens with zero attached hydrogens (tertiary/aromatic N) is 5. The number of hydrogen-bond acceptors (Lipinski definition) is 9. The van der Waals surface area contributed by atoms with Crippen LogP contribution in [0.2, 0.25) is 0 Å². The number of carbonyl (C=O) groups is 1. The Labute approximate surface area is 191 Å². The molecule has 33 heavy (non-hydrogen) atoms. The lowest BCUT2D eigenvalue weighted by Crippen LogP contribution is -2.04. The molecule has 0 amide bonds. The van der Waals surface area contributed by atoms with E-state index in [4.69, 9.17) is 4.74 Å². The van der Waals surface area contributed by atoms with Crippen LogP contribution in [0.5, 0.6) is 5.75 Å². The lowest BCUT2D eigenvalue weighted by Gasteiger charge is -2.16. The van der Waals surface area contributed by atoms with Crippen LogP contribution in [-0.4, -0.2) is 38.3 Å². The molecule has 0 radical (unpaired) electrons. The highest BCUT2D eigenvalue weighted by Gasteiger charge is 2.15. The third-order valence-corrected chi connectivity index (χ3v) is 4.79. The first-order valence-electron chi connectivity index (χ1n) is 10.2. The van der Waals surface area contributed by atoms with Crippen LogP contribution in [-0.2, 0) is 0 Å². The van der Waals surface area contributed by atoms with E-state index in [0.29, 0.717) is 46.0 Å². The molecular weight excluding hydrogens is 418 g/mol. The summed E-state index contributed by atoms with van der Waals surface area (Å²) in [5.74, 6) is 2.90. The smallest absolute Gasteiger partial charge is 0.162 e. The van der Waals surface area contributed by atoms with Crippen molar-refractivity contribution in [3.8, 4) is 17.1 Å². The zero-order valence-corrected chi connectivity index (χ0v) is 18.7. The highest BCUT2D eigenvalue weighted by atomic mass is 16.5. The van der Waals surface area contributed by atoms with E-state index in [1.54, 1.807) is 25.6 Å². The van der Waals surface area contributed by atoms with Crippen molar-refractivity contribution in [1.82, 2.24) is 24.9 Å². The number of rotatable bonds is 7. The van der Waals surface area contributed by atoms with Gasteiger partial charge in [-0.25, -0.2) is 24.9 Å². The number of ether oxygens (including phenoxy) is 1. The van der Waals surface area contributed by atoms with Crippen LogP contribution >= 0.6 is 0 Å². The number of carbonyl (C=O) groups excluding carboxylic acids is 1. The van der Waals surface area contributed by atoms with Crippen molar-refractivity contribution >= 4 is 29.3 Å². The van der Waals surface area contributed by atoms with Gasteiger partial charge in [0.2, 0.25) is 0 Å². The molecule has 0 unspecified atom stereocenters. The monoisotopic (exact) mass is 441 g/mol. The molecule has 0 fully saturated rings. The van der Waals surface area contributed by atoms with E-state index in [2.05, 4.69) is 35.6 Å². The highest BCUT2D eigenvalue weighted by molar-refractivity contribution is 5.88. The quantitative estimate of drug-likeness (QED) is 0.398. The SMILES string of the molecule is COc1c(Nc2cc(Nc3cc(C)nc(C)n3)ncc2C=O)cccc1-c1ncc(C)cn1. The summed E-state index contributed by atoms with van der Waals surface area (Å²) in [5, 5.41) is 6.45. The van der Waals surface area contributed by atoms with Gasteiger partial charge in [-0.1, -0.05) is 6.07 Å². The molecular formula is C24H23N7O2. The van der Waals surface area contributed by atoms with Crippen LogP contribution in [0.3, 0.4) is 0 Å². The molecule has 1 aromatic carbocycles. The van der Waals surface area contributed by atoms with Crippen LogP contribution in [0.1, 0.15) is 27.4 Å². The molecule has 0 bridgehead atoms. The first-order chi connectivity index (χ1) is 16.0. The van der Waals surface area contributed by atoms with Crippen LogP contribution in [0.15, 0.2) is 48.9 Å². The van der Waals surface area contributed by atoms with Gasteiger partial charge in [-0.2, -0.15) is 0 Å². The summed E-state index contributed by atoms with van der Waals surface area (Å²) in [4.78, 5) is 33.5. The number of para-hydroxylation sites is 1. The van der Waals surface area contributed by atoms with Crippen LogP contribution in [0, 0.1) is 20.8 Å². The van der Waals surface area contributed by atoms with Gasteiger partial charge in [0.1, 0.15) is 17.5 Å². The molecule has 9 nitrogen and oxygen atoms in total. The second-order valence-electron chi connectivity index (χ2n) is 7.44. The van der Waals surface area contributed by atoms with Crippen molar-refractivity contribution in [2.24, 2.45) is 0 Å². The Morgan fingerprint density at radius 3 is 2.36 bits per heavy atom. The van der Waals surface area contributed by atoms with Crippen LogP contribution in [0.25, 0.3) is 11.4 Å². The highest BCUT2D eigenvalue weighted by Crippen LogP contribution is 2.37. The fourth-order valence-corrected chi connectivity index (χ4v) is 3.36. The molecule has 0 saturated carbocycles. The number of benzene rings is 1. The van der Waals surface area contributed by atoms with Crippen molar-refractivity contribution in [3.63, 3.8) is 0 Å². The van der Waals surface area contributed by atoms with Crippen LogP contribution in [0.4, 0.5) is 23.0 Å². The molecule has 3 heterocycles. The molecule has 166 valence electrons. The van der Waals surface area contributed by atoms with E-state index in [1.165, 1.54) is 6.20 Å². The number of nitrogens with one attached hydrogen (secondary N) is 2. The summed E-state index contributed by atoms with van der Waals surface area (Å²) in [5.41, 5.74) is 4.16. The van der Waals surface area contributed by atoms with E-state index in [9.17, 15) is 4.79 Å². The van der Waals surface area contributed by atoms with E-state index < -0.39 is 0 Å². The van der Waals surface area contributed by atoms with E-state index in [0.717, 1.165) is 23.1 Å². The first kappa shape index (κ1) is 21.8. The number of aldehydes is 1. The molecule has 0 aliphatic carbocycles. The van der Waals surface area contributed by atoms with Gasteiger partial charge in [-0.15, -0.1) is 0 Å². The van der Waals surface area contributed by atoms with Crippen molar-refractivity contribution in [2.45, 2.75) is 20.8 Å². The predicted molar refractivity (Wildman–Crippen MR) is 126 cm³/mol. The summed E-state index contributed by atoms with van der Waals surface area (Å²) < 4.78 is 5.68. The fourth-order valence-electron chi connectivity index (χ4n) is 3.36. The van der Waals surface area contributed by atoms with Gasteiger partial charge in [0.15, 0.2) is 17.9 Å². The van der Waals surface area contributed by atoms with Gasteiger partial charge in [0.05, 0.1) is 29.6 Å². The Morgan fingerprint density at radius 1 is 0.879 bits per heavy atom. The second kappa shape index (κ2) is 9.39. The molecule has 4 aromatic rings. The van der Waals surface area contributed by atoms with Crippen LogP contribution < -0.4 is 15.4 Å². The van der Waals surface area contributed by atoms with Gasteiger partial charge >= 0.3 is 0 Å². The Balaban J connectivity index is 1.69. The minimum Gasteiger partial charge on any atom is -0.494 e. The van der Waals surface area contributed by atoms with Gasteiger partial charge in [0.25, 0.3) is 0 Å². The molecule has 0 aliphatic rings. The summed E-state index contributed by atoms with van der Waals surface area (Å²) in [6, 6.07) is 9.18. The van der Waals surface area contributed by atoms with Crippen molar-refractivity contribution in [3.05, 3.63) is 71.6 Å². The van der Waals surface area contributed by atoms with Crippen molar-refractivity contribution < 1.29 is 9.53 Å². The molecule has 0 saturated heterocycles. The largest absolute Gasteiger partial charge is 0.494 e. The number of hydrogen-bond donors (Lipinski definition) is 2.